The first-order valence-electron chi connectivity index (χ1n) is 7.74. The lowest BCUT2D eigenvalue weighted by atomic mass is 9.82. The van der Waals surface area contributed by atoms with Crippen LogP contribution in [0.2, 0.25) is 0 Å². The van der Waals surface area contributed by atoms with Crippen molar-refractivity contribution in [2.45, 2.75) is 12.5 Å². The topological polar surface area (TPSA) is 32.7 Å². The molecule has 3 atom stereocenters. The van der Waals surface area contributed by atoms with Gasteiger partial charge in [0.15, 0.2) is 0 Å². The Morgan fingerprint density at radius 1 is 1.14 bits per heavy atom. The Bertz CT molecular complexity index is 497. The average molecular weight is 285 g/mol. The van der Waals surface area contributed by atoms with E-state index in [1.807, 2.05) is 30.3 Å². The van der Waals surface area contributed by atoms with Crippen LogP contribution in [0.25, 0.3) is 0 Å². The first kappa shape index (κ1) is 14.4. The molecule has 2 aliphatic rings. The highest BCUT2D eigenvalue weighted by atomic mass is 16.5. The molecule has 0 spiro atoms. The smallest absolute Gasteiger partial charge is 0.119 e. The van der Waals surface area contributed by atoms with Gasteiger partial charge in [-0.2, -0.15) is 0 Å². The van der Waals surface area contributed by atoms with Crippen LogP contribution < -0.4 is 4.74 Å². The number of rotatable bonds is 5. The number of aliphatic hydroxyl groups is 1. The first-order chi connectivity index (χ1) is 10.3. The molecule has 1 aromatic rings. The lowest BCUT2D eigenvalue weighted by molar-refractivity contribution is 0.0499. The molecule has 1 fully saturated rings. The number of hydrogen-bond acceptors (Lipinski definition) is 3. The molecular formula is C18H23NO2. The van der Waals surface area contributed by atoms with Gasteiger partial charge in [0.1, 0.15) is 18.5 Å². The predicted molar refractivity (Wildman–Crippen MR) is 84.3 cm³/mol. The molecular weight excluding hydrogens is 262 g/mol. The molecule has 1 N–H and O–H groups in total. The van der Waals surface area contributed by atoms with Gasteiger partial charge in [-0.25, -0.2) is 0 Å². The molecule has 1 saturated heterocycles. The minimum absolute atomic E-state index is 0.352. The van der Waals surface area contributed by atoms with Crippen molar-refractivity contribution >= 4 is 0 Å². The fraction of sp³-hybridized carbons (Fsp3) is 0.444. The number of ether oxygens (including phenoxy) is 1. The van der Waals surface area contributed by atoms with E-state index < -0.39 is 6.10 Å². The van der Waals surface area contributed by atoms with Gasteiger partial charge in [0.05, 0.1) is 0 Å². The van der Waals surface area contributed by atoms with Crippen LogP contribution in [0.15, 0.2) is 54.6 Å². The summed E-state index contributed by atoms with van der Waals surface area (Å²) in [5.74, 6) is 2.10. The number of para-hydroxylation sites is 1. The maximum atomic E-state index is 10.2. The summed E-state index contributed by atoms with van der Waals surface area (Å²) in [6.45, 7) is 3.13. The van der Waals surface area contributed by atoms with Crippen molar-refractivity contribution in [1.29, 1.82) is 0 Å². The van der Waals surface area contributed by atoms with Gasteiger partial charge < -0.3 is 14.7 Å². The van der Waals surface area contributed by atoms with Crippen molar-refractivity contribution in [1.82, 2.24) is 4.90 Å². The number of hydrogen-bond donors (Lipinski definition) is 1. The van der Waals surface area contributed by atoms with Gasteiger partial charge in [0.2, 0.25) is 0 Å². The Morgan fingerprint density at radius 2 is 1.90 bits per heavy atom. The number of β-amino-alcohol motifs (C(OH)–C–C–N with tert-alkyl or cyclic N) is 1. The molecule has 1 heterocycles. The third-order valence-corrected chi connectivity index (χ3v) is 4.28. The van der Waals surface area contributed by atoms with Crippen molar-refractivity contribution in [3.63, 3.8) is 0 Å². The van der Waals surface area contributed by atoms with Crippen molar-refractivity contribution in [3.8, 4) is 5.75 Å². The number of aliphatic hydroxyl groups excluding tert-OH is 1. The summed E-state index contributed by atoms with van der Waals surface area (Å²) in [6, 6.07) is 9.67. The molecule has 0 saturated carbocycles. The van der Waals surface area contributed by atoms with Gasteiger partial charge in [-0.3, -0.25) is 0 Å². The summed E-state index contributed by atoms with van der Waals surface area (Å²) in [5, 5.41) is 10.2. The standard InChI is InChI=1S/C18H23NO2/c20-17(14-21-18-8-2-1-3-9-18)13-19-11-10-15-6-4-5-7-16(15)12-19/h1-9,15-17,20H,10-14H2/t15-,16-,17-/m0/s1. The van der Waals surface area contributed by atoms with Crippen LogP contribution in [-0.2, 0) is 0 Å². The molecule has 112 valence electrons. The maximum absolute atomic E-state index is 10.2. The molecule has 21 heavy (non-hydrogen) atoms. The molecule has 0 radical (unpaired) electrons. The Kier molecular flexibility index (Phi) is 4.73. The lowest BCUT2D eigenvalue weighted by Gasteiger charge is -2.37. The fourth-order valence-corrected chi connectivity index (χ4v) is 3.15. The van der Waals surface area contributed by atoms with Crippen LogP contribution in [0.3, 0.4) is 0 Å². The molecule has 1 aromatic carbocycles. The third kappa shape index (κ3) is 3.96. The largest absolute Gasteiger partial charge is 0.491 e. The average Bonchev–Trinajstić information content (AvgIpc) is 2.54. The van der Waals surface area contributed by atoms with Gasteiger partial charge in [-0.1, -0.05) is 42.5 Å². The zero-order valence-electron chi connectivity index (χ0n) is 12.3. The Hall–Kier alpha value is -1.58. The van der Waals surface area contributed by atoms with E-state index in [1.54, 1.807) is 0 Å². The molecule has 1 aliphatic heterocycles. The van der Waals surface area contributed by atoms with Crippen molar-refractivity contribution in [2.24, 2.45) is 11.8 Å². The van der Waals surface area contributed by atoms with Crippen LogP contribution in [0.1, 0.15) is 6.42 Å². The van der Waals surface area contributed by atoms with Crippen molar-refractivity contribution in [3.05, 3.63) is 54.6 Å². The quantitative estimate of drug-likeness (QED) is 0.902. The number of benzene rings is 1. The highest BCUT2D eigenvalue weighted by molar-refractivity contribution is 5.21. The zero-order valence-corrected chi connectivity index (χ0v) is 12.3. The van der Waals surface area contributed by atoms with E-state index in [4.69, 9.17) is 4.74 Å². The molecule has 3 nitrogen and oxygen atoms in total. The first-order valence-corrected chi connectivity index (χ1v) is 7.74. The van der Waals surface area contributed by atoms with Gasteiger partial charge in [-0.05, 0) is 36.9 Å². The molecule has 0 bridgehead atoms. The molecule has 1 aliphatic carbocycles. The van der Waals surface area contributed by atoms with E-state index in [0.29, 0.717) is 25.0 Å². The summed E-state index contributed by atoms with van der Waals surface area (Å²) < 4.78 is 5.61. The summed E-state index contributed by atoms with van der Waals surface area (Å²) in [7, 11) is 0. The monoisotopic (exact) mass is 285 g/mol. The predicted octanol–water partition coefficient (Wildman–Crippen LogP) is 2.49. The third-order valence-electron chi connectivity index (χ3n) is 4.28. The van der Waals surface area contributed by atoms with Crippen LogP contribution in [-0.4, -0.2) is 42.4 Å². The molecule has 0 aromatic heterocycles. The summed E-state index contributed by atoms with van der Waals surface area (Å²) >= 11 is 0. The van der Waals surface area contributed by atoms with Gasteiger partial charge >= 0.3 is 0 Å². The summed E-state index contributed by atoms with van der Waals surface area (Å²) in [5.41, 5.74) is 0. The van der Waals surface area contributed by atoms with Crippen molar-refractivity contribution in [2.75, 3.05) is 26.2 Å². The van der Waals surface area contributed by atoms with E-state index in [1.165, 1.54) is 6.42 Å². The second kappa shape index (κ2) is 6.92. The SMILES string of the molecule is O[C@H](COc1ccccc1)CN1CC[C@@H]2C=CC=C[C@H]2C1. The van der Waals surface area contributed by atoms with E-state index in [0.717, 1.165) is 18.8 Å². The minimum atomic E-state index is -0.440. The maximum Gasteiger partial charge on any atom is 0.119 e. The number of fused-ring (bicyclic) bond motifs is 1. The summed E-state index contributed by atoms with van der Waals surface area (Å²) in [4.78, 5) is 2.35. The lowest BCUT2D eigenvalue weighted by Crippen LogP contribution is -2.44. The van der Waals surface area contributed by atoms with Crippen LogP contribution >= 0.6 is 0 Å². The fourth-order valence-electron chi connectivity index (χ4n) is 3.15. The van der Waals surface area contributed by atoms with Gasteiger partial charge in [0, 0.05) is 13.1 Å². The minimum Gasteiger partial charge on any atom is -0.491 e. The van der Waals surface area contributed by atoms with Crippen molar-refractivity contribution < 1.29 is 9.84 Å². The highest BCUT2D eigenvalue weighted by Gasteiger charge is 2.27. The van der Waals surface area contributed by atoms with Gasteiger partial charge in [-0.15, -0.1) is 0 Å². The van der Waals surface area contributed by atoms with Gasteiger partial charge in [0.25, 0.3) is 0 Å². The van der Waals surface area contributed by atoms with Crippen LogP contribution in [0.4, 0.5) is 0 Å². The Balaban J connectivity index is 1.44. The molecule has 0 amide bonds. The van der Waals surface area contributed by atoms with E-state index in [9.17, 15) is 5.11 Å². The highest BCUT2D eigenvalue weighted by Crippen LogP contribution is 2.28. The van der Waals surface area contributed by atoms with E-state index in [-0.39, 0.29) is 0 Å². The Labute approximate surface area is 126 Å². The normalized spacial score (nSPS) is 26.3. The zero-order chi connectivity index (χ0) is 14.5. The van der Waals surface area contributed by atoms with Crippen LogP contribution in [0.5, 0.6) is 5.75 Å². The molecule has 3 heteroatoms. The number of likely N-dealkylation sites (tertiary alicyclic amines) is 1. The second-order valence-corrected chi connectivity index (χ2v) is 5.92. The number of piperidine rings is 1. The number of allylic oxidation sites excluding steroid dienone is 3. The Morgan fingerprint density at radius 3 is 2.71 bits per heavy atom. The van der Waals surface area contributed by atoms with Crippen LogP contribution in [0, 0.1) is 11.8 Å². The van der Waals surface area contributed by atoms with E-state index >= 15 is 0 Å². The number of nitrogens with zero attached hydrogens (tertiary/aromatic N) is 1. The summed E-state index contributed by atoms with van der Waals surface area (Å²) in [6.07, 6.45) is 9.64. The van der Waals surface area contributed by atoms with E-state index in [2.05, 4.69) is 29.2 Å². The second-order valence-electron chi connectivity index (χ2n) is 5.92. The molecule has 3 rings (SSSR count). The molecule has 0 unspecified atom stereocenters.